The van der Waals surface area contributed by atoms with Gasteiger partial charge in [0.05, 0.1) is 5.39 Å². The van der Waals surface area contributed by atoms with E-state index < -0.39 is 0 Å². The zero-order valence-electron chi connectivity index (χ0n) is 5.83. The third-order valence-corrected chi connectivity index (χ3v) is 2.37. The van der Waals surface area contributed by atoms with E-state index in [2.05, 4.69) is 19.4 Å². The lowest BCUT2D eigenvalue weighted by Gasteiger charge is -1.96. The Morgan fingerprint density at radius 1 is 1.33 bits per heavy atom. The van der Waals surface area contributed by atoms with Crippen LogP contribution < -0.4 is 0 Å². The van der Waals surface area contributed by atoms with E-state index in [9.17, 15) is 0 Å². The summed E-state index contributed by atoms with van der Waals surface area (Å²) in [4.78, 5) is 7.82. The third-order valence-electron chi connectivity index (χ3n) is 1.50. The molecule has 0 radical (unpaired) electrons. The lowest BCUT2D eigenvalue weighted by Crippen LogP contribution is -1.86. The number of hydrogen-bond donors (Lipinski definition) is 0. The molecule has 6 heteroatoms. The largest absolute Gasteiger partial charge is 0.317 e. The molecule has 2 rings (SSSR count). The molecule has 1 unspecified atom stereocenters. The molecule has 1 atom stereocenters. The van der Waals surface area contributed by atoms with Crippen LogP contribution in [0.5, 0.6) is 0 Å². The molecule has 0 amide bonds. The predicted molar refractivity (Wildman–Crippen MR) is 52.7 cm³/mol. The van der Waals surface area contributed by atoms with E-state index in [-0.39, 0.29) is 5.28 Å². The van der Waals surface area contributed by atoms with E-state index in [0.29, 0.717) is 10.8 Å². The minimum absolute atomic E-state index is 0.162. The molecular formula is C6H4Cl2N3P. The number of fused-ring (bicyclic) bond motifs is 1. The molecule has 0 aliphatic heterocycles. The van der Waals surface area contributed by atoms with E-state index in [1.165, 1.54) is 0 Å². The summed E-state index contributed by atoms with van der Waals surface area (Å²) >= 11 is 11.4. The lowest BCUT2D eigenvalue weighted by atomic mass is 10.4. The van der Waals surface area contributed by atoms with Gasteiger partial charge in [0.1, 0.15) is 10.8 Å². The fourth-order valence-electron chi connectivity index (χ4n) is 0.972. The van der Waals surface area contributed by atoms with Crippen LogP contribution in [0.25, 0.3) is 11.0 Å². The normalized spacial score (nSPS) is 10.9. The maximum absolute atomic E-state index is 5.82. The highest BCUT2D eigenvalue weighted by atomic mass is 35.5. The van der Waals surface area contributed by atoms with Crippen LogP contribution in [0, 0.1) is 0 Å². The molecule has 0 saturated heterocycles. The van der Waals surface area contributed by atoms with Gasteiger partial charge in [-0.25, -0.2) is 4.98 Å². The van der Waals surface area contributed by atoms with Gasteiger partial charge in [-0.2, -0.15) is 4.98 Å². The van der Waals surface area contributed by atoms with E-state index >= 15 is 0 Å². The average Bonchev–Trinajstić information content (AvgIpc) is 2.33. The minimum atomic E-state index is 0.162. The summed E-state index contributed by atoms with van der Waals surface area (Å²) in [5, 5.41) is 1.34. The molecule has 0 aliphatic rings. The van der Waals surface area contributed by atoms with E-state index in [0.717, 1.165) is 5.39 Å². The molecule has 2 aromatic rings. The molecule has 2 aromatic heterocycles. The van der Waals surface area contributed by atoms with Gasteiger partial charge in [0, 0.05) is 6.20 Å². The fourth-order valence-corrected chi connectivity index (χ4v) is 1.69. The highest BCUT2D eigenvalue weighted by Gasteiger charge is 2.06. The van der Waals surface area contributed by atoms with Crippen LogP contribution >= 0.6 is 32.6 Å². The van der Waals surface area contributed by atoms with Gasteiger partial charge in [-0.1, -0.05) is 11.6 Å². The average molecular weight is 220 g/mol. The molecule has 0 aromatic carbocycles. The molecule has 0 N–H and O–H groups in total. The van der Waals surface area contributed by atoms with Gasteiger partial charge in [-0.15, -0.1) is 0 Å². The highest BCUT2D eigenvalue weighted by Crippen LogP contribution is 2.23. The lowest BCUT2D eigenvalue weighted by molar-refractivity contribution is 1.18. The molecule has 2 heterocycles. The molecule has 3 nitrogen and oxygen atoms in total. The summed E-state index contributed by atoms with van der Waals surface area (Å²) in [5.41, 5.74) is 0.713. The van der Waals surface area contributed by atoms with Crippen LogP contribution in [0.1, 0.15) is 0 Å². The van der Waals surface area contributed by atoms with E-state index in [1.807, 2.05) is 12.3 Å². The molecule has 0 bridgehead atoms. The number of hydrogen-bond acceptors (Lipinski definition) is 2. The van der Waals surface area contributed by atoms with Crippen LogP contribution in [0.3, 0.4) is 0 Å². The minimum Gasteiger partial charge on any atom is -0.317 e. The van der Waals surface area contributed by atoms with Gasteiger partial charge in [0.2, 0.25) is 5.28 Å². The summed E-state index contributed by atoms with van der Waals surface area (Å²) < 4.78 is 1.76. The molecule has 0 saturated carbocycles. The Morgan fingerprint density at radius 2 is 2.08 bits per heavy atom. The van der Waals surface area contributed by atoms with Crippen molar-refractivity contribution in [1.82, 2.24) is 14.3 Å². The smallest absolute Gasteiger partial charge is 0.225 e. The Balaban J connectivity index is 2.92. The van der Waals surface area contributed by atoms with Crippen molar-refractivity contribution >= 4 is 43.6 Å². The number of halogens is 2. The summed E-state index contributed by atoms with van der Waals surface area (Å²) in [6.07, 6.45) is 1.83. The Labute approximate surface area is 81.0 Å². The number of rotatable bonds is 0. The molecule has 0 spiro atoms. The van der Waals surface area contributed by atoms with Crippen LogP contribution in [-0.4, -0.2) is 14.3 Å². The van der Waals surface area contributed by atoms with Gasteiger partial charge < -0.3 is 4.34 Å². The first-order valence-corrected chi connectivity index (χ1v) is 4.41. The second-order valence-corrected chi connectivity index (χ2v) is 3.50. The number of nitrogens with zero attached hydrogens (tertiary/aromatic N) is 3. The monoisotopic (exact) mass is 219 g/mol. The van der Waals surface area contributed by atoms with Gasteiger partial charge in [0.25, 0.3) is 0 Å². The quantitative estimate of drug-likeness (QED) is 0.387. The van der Waals surface area contributed by atoms with E-state index in [1.54, 1.807) is 4.34 Å². The predicted octanol–water partition coefficient (Wildman–Crippen LogP) is 2.38. The zero-order valence-corrected chi connectivity index (χ0v) is 8.50. The molecular weight excluding hydrogens is 216 g/mol. The van der Waals surface area contributed by atoms with Crippen molar-refractivity contribution in [2.24, 2.45) is 0 Å². The molecule has 12 heavy (non-hydrogen) atoms. The molecule has 0 aliphatic carbocycles. The Bertz CT molecular complexity index is 440. The van der Waals surface area contributed by atoms with Crippen molar-refractivity contribution in [3.63, 3.8) is 0 Å². The van der Waals surface area contributed by atoms with Crippen molar-refractivity contribution in [2.45, 2.75) is 0 Å². The third kappa shape index (κ3) is 1.18. The standard InChI is InChI=1S/C6H4Cl2N3P/c7-4-3-1-2-11(12)5(3)10-6(8)9-4/h1-2H,12H2. The van der Waals surface area contributed by atoms with Crippen LogP contribution in [0.2, 0.25) is 10.4 Å². The summed E-state index contributed by atoms with van der Waals surface area (Å²) in [5.74, 6) is 0. The SMILES string of the molecule is Pn1ccc2c(Cl)nc(Cl)nc21. The first kappa shape index (κ1) is 8.24. The van der Waals surface area contributed by atoms with Crippen molar-refractivity contribution in [3.8, 4) is 0 Å². The van der Waals surface area contributed by atoms with Crippen molar-refractivity contribution in [3.05, 3.63) is 22.7 Å². The van der Waals surface area contributed by atoms with Crippen LogP contribution in [0.15, 0.2) is 12.3 Å². The van der Waals surface area contributed by atoms with Gasteiger partial charge in [-0.3, -0.25) is 0 Å². The Hall–Kier alpha value is -0.370. The first-order valence-electron chi connectivity index (χ1n) is 3.13. The summed E-state index contributed by atoms with van der Waals surface area (Å²) in [6.45, 7) is 0. The summed E-state index contributed by atoms with van der Waals surface area (Å²) in [6, 6.07) is 1.83. The van der Waals surface area contributed by atoms with Crippen molar-refractivity contribution in [1.29, 1.82) is 0 Å². The topological polar surface area (TPSA) is 30.7 Å². The first-order chi connectivity index (χ1) is 5.68. The maximum atomic E-state index is 5.82. The van der Waals surface area contributed by atoms with Crippen LogP contribution in [-0.2, 0) is 0 Å². The number of aromatic nitrogens is 3. The van der Waals surface area contributed by atoms with E-state index in [4.69, 9.17) is 23.2 Å². The van der Waals surface area contributed by atoms with Gasteiger partial charge >= 0.3 is 0 Å². The van der Waals surface area contributed by atoms with Crippen LogP contribution in [0.4, 0.5) is 0 Å². The second kappa shape index (κ2) is 2.84. The Morgan fingerprint density at radius 3 is 2.83 bits per heavy atom. The van der Waals surface area contributed by atoms with Crippen molar-refractivity contribution < 1.29 is 0 Å². The highest BCUT2D eigenvalue weighted by molar-refractivity contribution is 7.14. The summed E-state index contributed by atoms with van der Waals surface area (Å²) in [7, 11) is 2.48. The zero-order chi connectivity index (χ0) is 8.72. The molecule has 0 fully saturated rings. The van der Waals surface area contributed by atoms with Crippen molar-refractivity contribution in [2.75, 3.05) is 0 Å². The molecule has 62 valence electrons. The van der Waals surface area contributed by atoms with Gasteiger partial charge in [0.15, 0.2) is 0 Å². The Kier molecular flexibility index (Phi) is 1.95. The maximum Gasteiger partial charge on any atom is 0.225 e. The second-order valence-electron chi connectivity index (χ2n) is 2.24. The fraction of sp³-hybridized carbons (Fsp3) is 0. The van der Waals surface area contributed by atoms with Gasteiger partial charge in [-0.05, 0) is 27.1 Å².